The molecule has 0 radical (unpaired) electrons. The zero-order chi connectivity index (χ0) is 9.97. The highest BCUT2D eigenvalue weighted by atomic mass is 32.2. The van der Waals surface area contributed by atoms with E-state index in [1.807, 2.05) is 11.8 Å². The van der Waals surface area contributed by atoms with Crippen LogP contribution in [0.3, 0.4) is 0 Å². The van der Waals surface area contributed by atoms with Crippen molar-refractivity contribution in [2.45, 2.75) is 43.0 Å². The molecule has 2 aliphatic rings. The number of thioether (sulfide) groups is 1. The van der Waals surface area contributed by atoms with Crippen LogP contribution in [-0.2, 0) is 0 Å². The minimum absolute atomic E-state index is 0.771. The highest BCUT2D eigenvalue weighted by Gasteiger charge is 2.33. The zero-order valence-corrected chi connectivity index (χ0v) is 10.1. The first kappa shape index (κ1) is 10.8. The molecule has 1 saturated heterocycles. The number of likely N-dealkylation sites (N-methyl/N-ethyl adjacent to an activating group) is 1. The van der Waals surface area contributed by atoms with E-state index in [0.717, 1.165) is 17.3 Å². The summed E-state index contributed by atoms with van der Waals surface area (Å²) in [5.74, 6) is 0. The normalized spacial score (nSPS) is 34.5. The predicted molar refractivity (Wildman–Crippen MR) is 64.0 cm³/mol. The van der Waals surface area contributed by atoms with Gasteiger partial charge in [-0.25, -0.2) is 0 Å². The fourth-order valence-electron chi connectivity index (χ4n) is 2.87. The first-order valence-corrected chi connectivity index (χ1v) is 7.07. The van der Waals surface area contributed by atoms with E-state index >= 15 is 0 Å². The molecule has 2 fully saturated rings. The fourth-order valence-corrected chi connectivity index (χ4v) is 3.76. The smallest absolute Gasteiger partial charge is 0.0351 e. The van der Waals surface area contributed by atoms with Gasteiger partial charge in [-0.3, -0.25) is 4.90 Å². The topological polar surface area (TPSA) is 15.3 Å². The maximum absolute atomic E-state index is 3.52. The summed E-state index contributed by atoms with van der Waals surface area (Å²) in [6.45, 7) is 2.39. The van der Waals surface area contributed by atoms with E-state index in [1.54, 1.807) is 0 Å². The molecule has 0 aromatic carbocycles. The van der Waals surface area contributed by atoms with Crippen LogP contribution >= 0.6 is 11.8 Å². The van der Waals surface area contributed by atoms with Crippen molar-refractivity contribution in [1.82, 2.24) is 10.2 Å². The average Bonchev–Trinajstić information content (AvgIpc) is 2.87. The standard InChI is InChI=1S/C11H22N2S/c1-13(9-5-3-4-6-9)10-7-12-8-11(10)14-2/h9-12H,3-8H2,1-2H3. The van der Waals surface area contributed by atoms with Gasteiger partial charge in [0.15, 0.2) is 0 Å². The molecule has 1 N–H and O–H groups in total. The molecule has 82 valence electrons. The highest BCUT2D eigenvalue weighted by Crippen LogP contribution is 2.28. The second-order valence-electron chi connectivity index (χ2n) is 4.60. The van der Waals surface area contributed by atoms with E-state index in [2.05, 4.69) is 23.5 Å². The fraction of sp³-hybridized carbons (Fsp3) is 1.00. The van der Waals surface area contributed by atoms with Crippen molar-refractivity contribution in [3.63, 3.8) is 0 Å². The van der Waals surface area contributed by atoms with Gasteiger partial charge in [0, 0.05) is 30.4 Å². The Morgan fingerprint density at radius 3 is 2.57 bits per heavy atom. The monoisotopic (exact) mass is 214 g/mol. The van der Waals surface area contributed by atoms with Crippen LogP contribution in [0.15, 0.2) is 0 Å². The maximum atomic E-state index is 3.52. The molecule has 2 unspecified atom stereocenters. The molecule has 1 saturated carbocycles. The summed E-state index contributed by atoms with van der Waals surface area (Å²) in [5, 5.41) is 4.32. The highest BCUT2D eigenvalue weighted by molar-refractivity contribution is 7.99. The minimum Gasteiger partial charge on any atom is -0.314 e. The maximum Gasteiger partial charge on any atom is 0.0351 e. The largest absolute Gasteiger partial charge is 0.314 e. The van der Waals surface area contributed by atoms with E-state index in [0.29, 0.717) is 0 Å². The van der Waals surface area contributed by atoms with Crippen LogP contribution in [0.25, 0.3) is 0 Å². The van der Waals surface area contributed by atoms with Crippen molar-refractivity contribution >= 4 is 11.8 Å². The van der Waals surface area contributed by atoms with E-state index in [9.17, 15) is 0 Å². The van der Waals surface area contributed by atoms with Gasteiger partial charge in [0.1, 0.15) is 0 Å². The van der Waals surface area contributed by atoms with Crippen LogP contribution in [0.1, 0.15) is 25.7 Å². The summed E-state index contributed by atoms with van der Waals surface area (Å²) < 4.78 is 0. The summed E-state index contributed by atoms with van der Waals surface area (Å²) in [5.41, 5.74) is 0. The number of hydrogen-bond acceptors (Lipinski definition) is 3. The molecule has 0 bridgehead atoms. The summed E-state index contributed by atoms with van der Waals surface area (Å²) >= 11 is 2.02. The van der Waals surface area contributed by atoms with Crippen molar-refractivity contribution in [3.8, 4) is 0 Å². The molecule has 0 aromatic heterocycles. The summed E-state index contributed by atoms with van der Waals surface area (Å²) in [6, 6.07) is 1.64. The molecule has 2 rings (SSSR count). The van der Waals surface area contributed by atoms with Gasteiger partial charge < -0.3 is 5.32 Å². The lowest BCUT2D eigenvalue weighted by Crippen LogP contribution is -2.44. The van der Waals surface area contributed by atoms with Crippen LogP contribution in [0.5, 0.6) is 0 Å². The van der Waals surface area contributed by atoms with Gasteiger partial charge in [0.2, 0.25) is 0 Å². The van der Waals surface area contributed by atoms with Gasteiger partial charge in [0.25, 0.3) is 0 Å². The molecule has 1 aliphatic heterocycles. The Balaban J connectivity index is 1.92. The van der Waals surface area contributed by atoms with Gasteiger partial charge in [-0.2, -0.15) is 11.8 Å². The van der Waals surface area contributed by atoms with E-state index < -0.39 is 0 Å². The molecule has 0 spiro atoms. The first-order valence-electron chi connectivity index (χ1n) is 5.78. The van der Waals surface area contributed by atoms with Crippen molar-refractivity contribution in [2.75, 3.05) is 26.4 Å². The van der Waals surface area contributed by atoms with Crippen molar-refractivity contribution < 1.29 is 0 Å². The summed E-state index contributed by atoms with van der Waals surface area (Å²) in [6.07, 6.45) is 7.98. The summed E-state index contributed by atoms with van der Waals surface area (Å²) in [4.78, 5) is 2.65. The van der Waals surface area contributed by atoms with Crippen LogP contribution < -0.4 is 5.32 Å². The molecule has 0 aromatic rings. The van der Waals surface area contributed by atoms with Crippen molar-refractivity contribution in [3.05, 3.63) is 0 Å². The van der Waals surface area contributed by atoms with Crippen molar-refractivity contribution in [1.29, 1.82) is 0 Å². The number of rotatable bonds is 3. The van der Waals surface area contributed by atoms with E-state index in [-0.39, 0.29) is 0 Å². The zero-order valence-electron chi connectivity index (χ0n) is 9.33. The minimum atomic E-state index is 0.771. The molecule has 1 heterocycles. The molecule has 14 heavy (non-hydrogen) atoms. The van der Waals surface area contributed by atoms with Crippen LogP contribution in [0, 0.1) is 0 Å². The third-order valence-corrected chi connectivity index (χ3v) is 4.94. The third kappa shape index (κ3) is 2.10. The molecule has 3 heteroatoms. The van der Waals surface area contributed by atoms with Crippen molar-refractivity contribution in [2.24, 2.45) is 0 Å². The molecular formula is C11H22N2S. The van der Waals surface area contributed by atoms with Gasteiger partial charge >= 0.3 is 0 Å². The lowest BCUT2D eigenvalue weighted by Gasteiger charge is -2.33. The molecule has 2 atom stereocenters. The Hall–Kier alpha value is 0.270. The SMILES string of the molecule is CSC1CNCC1N(C)C1CCCC1. The predicted octanol–water partition coefficient (Wildman–Crippen LogP) is 1.56. The molecular weight excluding hydrogens is 192 g/mol. The Labute approximate surface area is 91.8 Å². The Morgan fingerprint density at radius 2 is 1.93 bits per heavy atom. The molecule has 0 amide bonds. The Morgan fingerprint density at radius 1 is 1.21 bits per heavy atom. The van der Waals surface area contributed by atoms with Gasteiger partial charge in [-0.05, 0) is 26.1 Å². The Kier molecular flexibility index (Phi) is 3.74. The Bertz CT molecular complexity index is 180. The van der Waals surface area contributed by atoms with Gasteiger partial charge in [-0.1, -0.05) is 12.8 Å². The second-order valence-corrected chi connectivity index (χ2v) is 5.68. The first-order chi connectivity index (χ1) is 6.83. The molecule has 2 nitrogen and oxygen atoms in total. The van der Waals surface area contributed by atoms with Crippen LogP contribution in [0.2, 0.25) is 0 Å². The second kappa shape index (κ2) is 4.86. The number of nitrogens with one attached hydrogen (secondary N) is 1. The van der Waals surface area contributed by atoms with Gasteiger partial charge in [-0.15, -0.1) is 0 Å². The van der Waals surface area contributed by atoms with E-state index in [4.69, 9.17) is 0 Å². The number of hydrogen-bond donors (Lipinski definition) is 1. The quantitative estimate of drug-likeness (QED) is 0.767. The summed E-state index contributed by atoms with van der Waals surface area (Å²) in [7, 11) is 2.33. The molecule has 1 aliphatic carbocycles. The van der Waals surface area contributed by atoms with Crippen LogP contribution in [-0.4, -0.2) is 48.6 Å². The average molecular weight is 214 g/mol. The lowest BCUT2D eigenvalue weighted by molar-refractivity contribution is 0.189. The van der Waals surface area contributed by atoms with Crippen LogP contribution in [0.4, 0.5) is 0 Å². The third-order valence-electron chi connectivity index (χ3n) is 3.85. The number of nitrogens with zero attached hydrogens (tertiary/aromatic N) is 1. The van der Waals surface area contributed by atoms with E-state index in [1.165, 1.54) is 38.8 Å². The van der Waals surface area contributed by atoms with Gasteiger partial charge in [0.05, 0.1) is 0 Å². The lowest BCUT2D eigenvalue weighted by atomic mass is 10.1.